The highest BCUT2D eigenvalue weighted by molar-refractivity contribution is 7.17. The second kappa shape index (κ2) is 9.44. The van der Waals surface area contributed by atoms with E-state index in [0.717, 1.165) is 41.7 Å². The predicted octanol–water partition coefficient (Wildman–Crippen LogP) is 2.91. The molecule has 0 radical (unpaired) electrons. The molecule has 8 nitrogen and oxygen atoms in total. The summed E-state index contributed by atoms with van der Waals surface area (Å²) in [4.78, 5) is 50.1. The number of carbonyl (C=O) groups is 4. The van der Waals surface area contributed by atoms with Crippen molar-refractivity contribution in [2.45, 2.75) is 45.4 Å². The summed E-state index contributed by atoms with van der Waals surface area (Å²) in [6.45, 7) is 1.45. The van der Waals surface area contributed by atoms with Crippen LogP contribution in [0.3, 0.4) is 0 Å². The maximum Gasteiger partial charge on any atom is 0.355 e. The van der Waals surface area contributed by atoms with Gasteiger partial charge in [0.1, 0.15) is 10.7 Å². The third-order valence-electron chi connectivity index (χ3n) is 5.44. The molecule has 2 heterocycles. The smallest absolute Gasteiger partial charge is 0.355 e. The zero-order valence-electron chi connectivity index (χ0n) is 17.7. The number of hydrazone groups is 1. The van der Waals surface area contributed by atoms with Crippen LogP contribution in [0.25, 0.3) is 0 Å². The number of rotatable bonds is 6. The molecule has 2 N–H and O–H groups in total. The lowest BCUT2D eigenvalue weighted by Gasteiger charge is -2.13. The van der Waals surface area contributed by atoms with Crippen LogP contribution in [-0.4, -0.2) is 35.9 Å². The van der Waals surface area contributed by atoms with Crippen molar-refractivity contribution in [1.82, 2.24) is 5.43 Å². The molecule has 0 spiro atoms. The van der Waals surface area contributed by atoms with Crippen molar-refractivity contribution in [1.29, 1.82) is 0 Å². The summed E-state index contributed by atoms with van der Waals surface area (Å²) >= 11 is 1.41. The normalized spacial score (nSPS) is 15.3. The summed E-state index contributed by atoms with van der Waals surface area (Å²) in [5.74, 6) is -1.67. The van der Waals surface area contributed by atoms with Crippen LogP contribution in [0, 0.1) is 6.92 Å². The molecule has 4 rings (SSSR count). The number of hydrogen-bond donors (Lipinski definition) is 2. The second-order valence-electron chi connectivity index (χ2n) is 7.83. The van der Waals surface area contributed by atoms with Gasteiger partial charge < -0.3 is 10.1 Å². The number of ether oxygens (including phenoxy) is 1. The van der Waals surface area contributed by atoms with Crippen LogP contribution >= 0.6 is 11.3 Å². The van der Waals surface area contributed by atoms with Crippen molar-refractivity contribution in [2.75, 3.05) is 11.9 Å². The highest BCUT2D eigenvalue weighted by Gasteiger charge is 2.27. The maximum atomic E-state index is 13.3. The minimum absolute atomic E-state index is 0.0687. The van der Waals surface area contributed by atoms with Gasteiger partial charge in [0, 0.05) is 23.3 Å². The molecule has 2 amide bonds. The van der Waals surface area contributed by atoms with Crippen LogP contribution in [-0.2, 0) is 32.0 Å². The highest BCUT2D eigenvalue weighted by Crippen LogP contribution is 2.39. The van der Waals surface area contributed by atoms with E-state index in [1.165, 1.54) is 11.3 Å². The van der Waals surface area contributed by atoms with E-state index in [4.69, 9.17) is 4.74 Å². The Morgan fingerprint density at radius 3 is 2.56 bits per heavy atom. The van der Waals surface area contributed by atoms with Gasteiger partial charge in [-0.3, -0.25) is 14.4 Å². The molecule has 1 aromatic carbocycles. The van der Waals surface area contributed by atoms with E-state index in [2.05, 4.69) is 15.8 Å². The number of nitrogens with one attached hydrogen (secondary N) is 2. The molecule has 1 aliphatic carbocycles. The second-order valence-corrected chi connectivity index (χ2v) is 8.93. The lowest BCUT2D eigenvalue weighted by Crippen LogP contribution is -2.32. The summed E-state index contributed by atoms with van der Waals surface area (Å²) in [5.41, 5.74) is 5.46. The Bertz CT molecular complexity index is 1120. The first-order valence-corrected chi connectivity index (χ1v) is 11.3. The average Bonchev–Trinajstić information content (AvgIpc) is 3.15. The molecule has 166 valence electrons. The predicted molar refractivity (Wildman–Crippen MR) is 120 cm³/mol. The highest BCUT2D eigenvalue weighted by atomic mass is 32.1. The summed E-state index contributed by atoms with van der Waals surface area (Å²) in [5, 5.41) is 6.92. The number of ketones is 1. The van der Waals surface area contributed by atoms with Gasteiger partial charge in [-0.15, -0.1) is 11.3 Å². The fraction of sp³-hybridized carbons (Fsp3) is 0.348. The summed E-state index contributed by atoms with van der Waals surface area (Å²) < 4.78 is 5.04. The molecule has 0 saturated heterocycles. The number of fused-ring (bicyclic) bond motifs is 1. The van der Waals surface area contributed by atoms with E-state index in [1.807, 2.05) is 19.1 Å². The molecule has 0 atom stereocenters. The summed E-state index contributed by atoms with van der Waals surface area (Å²) in [6.07, 6.45) is 4.04. The number of amides is 2. The number of aryl methyl sites for hydroxylation is 2. The Morgan fingerprint density at radius 2 is 1.84 bits per heavy atom. The fourth-order valence-electron chi connectivity index (χ4n) is 3.74. The van der Waals surface area contributed by atoms with E-state index >= 15 is 0 Å². The number of esters is 1. The van der Waals surface area contributed by atoms with Crippen LogP contribution in [0.15, 0.2) is 29.4 Å². The van der Waals surface area contributed by atoms with Crippen LogP contribution < -0.4 is 10.7 Å². The van der Waals surface area contributed by atoms with Gasteiger partial charge in [0.05, 0.1) is 5.56 Å². The largest absolute Gasteiger partial charge is 0.451 e. The standard InChI is InChI=1S/C23H23N3O5S/c1-13-6-8-14(9-7-13)21(29)20-15-4-2-3-5-17(15)32-22(20)24-19(28)12-31-23(30)16-10-11-18(27)26-25-16/h6-9H,2-5,10-12H2,1H3,(H,24,28)(H,26,27). The quantitative estimate of drug-likeness (QED) is 0.516. The minimum atomic E-state index is -0.749. The van der Waals surface area contributed by atoms with Gasteiger partial charge in [-0.2, -0.15) is 5.10 Å². The number of anilines is 1. The average molecular weight is 454 g/mol. The van der Waals surface area contributed by atoms with Gasteiger partial charge in [0.2, 0.25) is 5.91 Å². The van der Waals surface area contributed by atoms with E-state index in [9.17, 15) is 19.2 Å². The molecule has 2 aliphatic rings. The van der Waals surface area contributed by atoms with Crippen LogP contribution in [0.2, 0.25) is 0 Å². The van der Waals surface area contributed by atoms with E-state index in [0.29, 0.717) is 16.1 Å². The molecule has 1 aromatic heterocycles. The van der Waals surface area contributed by atoms with Gasteiger partial charge in [0.25, 0.3) is 5.91 Å². The van der Waals surface area contributed by atoms with Gasteiger partial charge >= 0.3 is 5.97 Å². The Kier molecular flexibility index (Phi) is 6.45. The Morgan fingerprint density at radius 1 is 1.09 bits per heavy atom. The zero-order chi connectivity index (χ0) is 22.7. The zero-order valence-corrected chi connectivity index (χ0v) is 18.5. The summed E-state index contributed by atoms with van der Waals surface area (Å²) in [7, 11) is 0. The number of carbonyl (C=O) groups excluding carboxylic acids is 4. The molecule has 1 aliphatic heterocycles. The van der Waals surface area contributed by atoms with Crippen LogP contribution in [0.4, 0.5) is 5.00 Å². The number of hydrogen-bond acceptors (Lipinski definition) is 7. The first kappa shape index (κ1) is 21.9. The topological polar surface area (TPSA) is 114 Å². The SMILES string of the molecule is Cc1ccc(C(=O)c2c(NC(=O)COC(=O)C3=NNC(=O)CC3)sc3c2CCCC3)cc1. The number of thiophene rings is 1. The molecular formula is C23H23N3O5S. The molecule has 2 aromatic rings. The van der Waals surface area contributed by atoms with Gasteiger partial charge in [-0.1, -0.05) is 29.8 Å². The summed E-state index contributed by atoms with van der Waals surface area (Å²) in [6, 6.07) is 7.36. The maximum absolute atomic E-state index is 13.3. The first-order valence-electron chi connectivity index (χ1n) is 10.5. The Balaban J connectivity index is 1.49. The van der Waals surface area contributed by atoms with Crippen molar-refractivity contribution in [3.63, 3.8) is 0 Å². The molecule has 0 unspecified atom stereocenters. The van der Waals surface area contributed by atoms with E-state index < -0.39 is 18.5 Å². The molecular weight excluding hydrogens is 430 g/mol. The first-order chi connectivity index (χ1) is 15.4. The van der Waals surface area contributed by atoms with Crippen molar-refractivity contribution in [3.8, 4) is 0 Å². The van der Waals surface area contributed by atoms with E-state index in [1.54, 1.807) is 12.1 Å². The monoisotopic (exact) mass is 453 g/mol. The van der Waals surface area contributed by atoms with Crippen LogP contribution in [0.5, 0.6) is 0 Å². The minimum Gasteiger partial charge on any atom is -0.451 e. The van der Waals surface area contributed by atoms with Crippen molar-refractivity contribution < 1.29 is 23.9 Å². The van der Waals surface area contributed by atoms with Crippen molar-refractivity contribution in [3.05, 3.63) is 51.4 Å². The van der Waals surface area contributed by atoms with Crippen molar-refractivity contribution >= 4 is 45.6 Å². The third-order valence-corrected chi connectivity index (χ3v) is 6.65. The molecule has 9 heteroatoms. The van der Waals surface area contributed by atoms with Gasteiger partial charge in [-0.25, -0.2) is 10.2 Å². The van der Waals surface area contributed by atoms with Crippen LogP contribution in [0.1, 0.15) is 57.6 Å². The number of benzene rings is 1. The molecule has 0 saturated carbocycles. The Hall–Kier alpha value is -3.33. The van der Waals surface area contributed by atoms with Gasteiger partial charge in [-0.05, 0) is 38.2 Å². The molecule has 0 bridgehead atoms. The fourth-order valence-corrected chi connectivity index (χ4v) is 5.04. The lowest BCUT2D eigenvalue weighted by molar-refractivity contribution is -0.140. The molecule has 32 heavy (non-hydrogen) atoms. The van der Waals surface area contributed by atoms with Gasteiger partial charge in [0.15, 0.2) is 12.4 Å². The molecule has 0 fully saturated rings. The van der Waals surface area contributed by atoms with E-state index in [-0.39, 0.29) is 30.2 Å². The Labute approximate surface area is 189 Å². The third kappa shape index (κ3) is 4.77. The van der Waals surface area contributed by atoms with Crippen molar-refractivity contribution in [2.24, 2.45) is 5.10 Å². The lowest BCUT2D eigenvalue weighted by atomic mass is 9.91. The number of nitrogens with zero attached hydrogens (tertiary/aromatic N) is 1.